The van der Waals surface area contributed by atoms with E-state index >= 15 is 0 Å². The number of aliphatic hydroxyl groups is 1. The maximum Gasteiger partial charge on any atom is 0.0921 e. The fourth-order valence-electron chi connectivity index (χ4n) is 2.15. The topological polar surface area (TPSA) is 29.5 Å². The Bertz CT molecular complexity index is 145. The minimum Gasteiger partial charge on any atom is -0.393 e. The molecule has 2 nitrogen and oxygen atoms in total. The van der Waals surface area contributed by atoms with Crippen LogP contribution < -0.4 is 0 Å². The van der Waals surface area contributed by atoms with E-state index in [1.54, 1.807) is 0 Å². The molecule has 0 atom stereocenters. The van der Waals surface area contributed by atoms with Gasteiger partial charge in [0.05, 0.1) is 17.8 Å². The molecule has 0 amide bonds. The van der Waals surface area contributed by atoms with Gasteiger partial charge in [0.1, 0.15) is 0 Å². The van der Waals surface area contributed by atoms with Gasteiger partial charge >= 0.3 is 0 Å². The van der Waals surface area contributed by atoms with E-state index in [9.17, 15) is 0 Å². The molecule has 0 radical (unpaired) electrons. The Labute approximate surface area is 61.2 Å². The quantitative estimate of drug-likeness (QED) is 0.593. The van der Waals surface area contributed by atoms with Crippen LogP contribution in [0.25, 0.3) is 0 Å². The highest BCUT2D eigenvalue weighted by atomic mass is 16.5. The zero-order chi connectivity index (χ0) is 7.24. The number of rotatable bonds is 1. The highest BCUT2D eigenvalue weighted by Gasteiger charge is 2.52. The van der Waals surface area contributed by atoms with Crippen molar-refractivity contribution in [2.24, 2.45) is 0 Å². The van der Waals surface area contributed by atoms with Gasteiger partial charge in [0, 0.05) is 0 Å². The van der Waals surface area contributed by atoms with Crippen molar-refractivity contribution in [3.63, 3.8) is 0 Å². The summed E-state index contributed by atoms with van der Waals surface area (Å²) in [5, 5.41) is 9.03. The van der Waals surface area contributed by atoms with E-state index in [2.05, 4.69) is 6.92 Å². The average molecular weight is 142 g/mol. The smallest absolute Gasteiger partial charge is 0.0921 e. The maximum absolute atomic E-state index is 9.03. The SMILES string of the molecule is CC12CCC(CO)(CC1)O2. The molecule has 2 heteroatoms. The molecule has 2 bridgehead atoms. The standard InChI is InChI=1S/C8H14O2/c1-7-2-4-8(6-9,10-7)5-3-7/h9H,2-6H2,1H3. The highest BCUT2D eigenvalue weighted by molar-refractivity contribution is 5.02. The highest BCUT2D eigenvalue weighted by Crippen LogP contribution is 2.50. The van der Waals surface area contributed by atoms with E-state index in [4.69, 9.17) is 9.84 Å². The van der Waals surface area contributed by atoms with Crippen molar-refractivity contribution in [3.8, 4) is 0 Å². The van der Waals surface area contributed by atoms with Crippen molar-refractivity contribution in [1.29, 1.82) is 0 Å². The van der Waals surface area contributed by atoms with E-state index in [1.807, 2.05) is 0 Å². The summed E-state index contributed by atoms with van der Waals surface area (Å²) in [5.41, 5.74) is -0.0164. The lowest BCUT2D eigenvalue weighted by molar-refractivity contribution is -0.0651. The number of hydrogen-bond donors (Lipinski definition) is 1. The van der Waals surface area contributed by atoms with Crippen molar-refractivity contribution >= 4 is 0 Å². The third-order valence-corrected chi connectivity index (χ3v) is 2.97. The second-order valence-corrected chi connectivity index (χ2v) is 3.89. The van der Waals surface area contributed by atoms with Crippen molar-refractivity contribution in [2.75, 3.05) is 6.61 Å². The van der Waals surface area contributed by atoms with Gasteiger partial charge in [-0.25, -0.2) is 0 Å². The molecule has 58 valence electrons. The molecule has 2 fully saturated rings. The summed E-state index contributed by atoms with van der Waals surface area (Å²) >= 11 is 0. The van der Waals surface area contributed by atoms with Gasteiger partial charge in [-0.3, -0.25) is 0 Å². The molecule has 2 heterocycles. The van der Waals surface area contributed by atoms with E-state index < -0.39 is 0 Å². The Morgan fingerprint density at radius 1 is 1.30 bits per heavy atom. The third kappa shape index (κ3) is 0.722. The van der Waals surface area contributed by atoms with Crippen LogP contribution in [0.4, 0.5) is 0 Å². The zero-order valence-electron chi connectivity index (χ0n) is 6.39. The van der Waals surface area contributed by atoms with Gasteiger partial charge < -0.3 is 9.84 Å². The second-order valence-electron chi connectivity index (χ2n) is 3.89. The molecular weight excluding hydrogens is 128 g/mol. The minimum absolute atomic E-state index is 0.114. The molecule has 2 aliphatic rings. The molecule has 10 heavy (non-hydrogen) atoms. The van der Waals surface area contributed by atoms with Gasteiger partial charge in [0.2, 0.25) is 0 Å². The van der Waals surface area contributed by atoms with E-state index in [0.717, 1.165) is 25.7 Å². The van der Waals surface area contributed by atoms with Gasteiger partial charge in [-0.2, -0.15) is 0 Å². The van der Waals surface area contributed by atoms with Crippen molar-refractivity contribution in [1.82, 2.24) is 0 Å². The lowest BCUT2D eigenvalue weighted by Crippen LogP contribution is -2.29. The van der Waals surface area contributed by atoms with Gasteiger partial charge in [0.15, 0.2) is 0 Å². The molecular formula is C8H14O2. The van der Waals surface area contributed by atoms with Crippen LogP contribution in [0.3, 0.4) is 0 Å². The van der Waals surface area contributed by atoms with Crippen LogP contribution in [0.2, 0.25) is 0 Å². The van der Waals surface area contributed by atoms with E-state index in [0.29, 0.717) is 0 Å². The summed E-state index contributed by atoms with van der Waals surface area (Å²) in [6, 6.07) is 0. The van der Waals surface area contributed by atoms with E-state index in [1.165, 1.54) is 0 Å². The first kappa shape index (κ1) is 6.62. The van der Waals surface area contributed by atoms with Crippen LogP contribution >= 0.6 is 0 Å². The van der Waals surface area contributed by atoms with Crippen molar-refractivity contribution in [3.05, 3.63) is 0 Å². The van der Waals surface area contributed by atoms with Crippen LogP contribution in [-0.4, -0.2) is 22.9 Å². The Morgan fingerprint density at radius 2 is 1.90 bits per heavy atom. The number of aliphatic hydroxyl groups excluding tert-OH is 1. The summed E-state index contributed by atoms with van der Waals surface area (Å²) in [4.78, 5) is 0. The molecule has 0 aromatic rings. The van der Waals surface area contributed by atoms with Crippen LogP contribution in [-0.2, 0) is 4.74 Å². The van der Waals surface area contributed by atoms with Crippen molar-refractivity contribution in [2.45, 2.75) is 43.8 Å². The summed E-state index contributed by atoms with van der Waals surface area (Å²) in [7, 11) is 0. The first-order valence-corrected chi connectivity index (χ1v) is 3.99. The van der Waals surface area contributed by atoms with Gasteiger partial charge in [-0.1, -0.05) is 0 Å². The van der Waals surface area contributed by atoms with Gasteiger partial charge in [-0.15, -0.1) is 0 Å². The van der Waals surface area contributed by atoms with Gasteiger partial charge in [-0.05, 0) is 32.6 Å². The first-order valence-electron chi connectivity index (χ1n) is 3.99. The Hall–Kier alpha value is -0.0800. The largest absolute Gasteiger partial charge is 0.393 e. The molecule has 2 rings (SSSR count). The van der Waals surface area contributed by atoms with Gasteiger partial charge in [0.25, 0.3) is 0 Å². The molecule has 0 aliphatic carbocycles. The summed E-state index contributed by atoms with van der Waals surface area (Å²) < 4.78 is 5.75. The second kappa shape index (κ2) is 1.74. The van der Waals surface area contributed by atoms with E-state index in [-0.39, 0.29) is 17.8 Å². The maximum atomic E-state index is 9.03. The molecule has 2 aliphatic heterocycles. The van der Waals surface area contributed by atoms with Crippen LogP contribution in [0.1, 0.15) is 32.6 Å². The van der Waals surface area contributed by atoms with Crippen LogP contribution in [0.5, 0.6) is 0 Å². The normalized spacial score (nSPS) is 52.2. The van der Waals surface area contributed by atoms with Crippen LogP contribution in [0, 0.1) is 0 Å². The average Bonchev–Trinajstić information content (AvgIpc) is 2.42. The van der Waals surface area contributed by atoms with Crippen LogP contribution in [0.15, 0.2) is 0 Å². The number of fused-ring (bicyclic) bond motifs is 2. The summed E-state index contributed by atoms with van der Waals surface area (Å²) in [6.07, 6.45) is 4.38. The molecule has 0 saturated carbocycles. The summed E-state index contributed by atoms with van der Waals surface area (Å²) in [6.45, 7) is 2.36. The number of ether oxygens (including phenoxy) is 1. The number of hydrogen-bond acceptors (Lipinski definition) is 2. The fraction of sp³-hybridized carbons (Fsp3) is 1.00. The molecule has 1 N–H and O–H groups in total. The lowest BCUT2D eigenvalue weighted by Gasteiger charge is -2.20. The molecule has 0 unspecified atom stereocenters. The molecule has 0 spiro atoms. The Balaban J connectivity index is 2.19. The third-order valence-electron chi connectivity index (χ3n) is 2.97. The zero-order valence-corrected chi connectivity index (χ0v) is 6.39. The predicted octanol–water partition coefficient (Wildman–Crippen LogP) is 1.08. The minimum atomic E-state index is -0.130. The summed E-state index contributed by atoms with van der Waals surface area (Å²) in [5.74, 6) is 0. The Kier molecular flexibility index (Phi) is 1.15. The molecule has 2 saturated heterocycles. The predicted molar refractivity (Wildman–Crippen MR) is 37.8 cm³/mol. The lowest BCUT2D eigenvalue weighted by atomic mass is 9.83. The monoisotopic (exact) mass is 142 g/mol. The van der Waals surface area contributed by atoms with Crippen molar-refractivity contribution < 1.29 is 9.84 Å². The molecule has 0 aromatic heterocycles. The first-order chi connectivity index (χ1) is 4.68. The molecule has 0 aromatic carbocycles. The fourth-order valence-corrected chi connectivity index (χ4v) is 2.15. The Morgan fingerprint density at radius 3 is 2.10 bits per heavy atom.